The monoisotopic (exact) mass is 219 g/mol. The maximum Gasteiger partial charge on any atom is 0.0798 e. The lowest BCUT2D eigenvalue weighted by molar-refractivity contribution is 0.683. The highest BCUT2D eigenvalue weighted by molar-refractivity contribution is 7.09. The summed E-state index contributed by atoms with van der Waals surface area (Å²) in [7, 11) is 0. The normalized spacial score (nSPS) is 10.5. The molecule has 0 atom stereocenters. The number of hydrogen-bond acceptors (Lipinski definition) is 4. The lowest BCUT2D eigenvalue weighted by Crippen LogP contribution is -2.13. The zero-order valence-electron chi connectivity index (χ0n) is 8.60. The van der Waals surface area contributed by atoms with E-state index in [1.165, 1.54) is 4.88 Å². The summed E-state index contributed by atoms with van der Waals surface area (Å²) in [6, 6.07) is 5.95. The molecule has 0 aliphatic rings. The molecule has 78 valence electrons. The Hall–Kier alpha value is -1.26. The molecule has 0 aliphatic heterocycles. The predicted octanol–water partition coefficient (Wildman–Crippen LogP) is 2.14. The number of thiazole rings is 1. The zero-order chi connectivity index (χ0) is 10.5. The van der Waals surface area contributed by atoms with Crippen LogP contribution in [0.3, 0.4) is 0 Å². The summed E-state index contributed by atoms with van der Waals surface area (Å²) in [4.78, 5) is 9.75. The van der Waals surface area contributed by atoms with Gasteiger partial charge in [-0.15, -0.1) is 11.3 Å². The number of aromatic nitrogens is 2. The second-order valence-corrected chi connectivity index (χ2v) is 4.22. The zero-order valence-corrected chi connectivity index (χ0v) is 9.42. The fourth-order valence-corrected chi connectivity index (χ4v) is 2.05. The van der Waals surface area contributed by atoms with Gasteiger partial charge in [0, 0.05) is 24.2 Å². The van der Waals surface area contributed by atoms with Crippen LogP contribution >= 0.6 is 11.3 Å². The lowest BCUT2D eigenvalue weighted by Gasteiger charge is -2.02. The van der Waals surface area contributed by atoms with Crippen LogP contribution in [0, 0.1) is 6.92 Å². The maximum absolute atomic E-state index is 4.25. The van der Waals surface area contributed by atoms with Gasteiger partial charge in [0.2, 0.25) is 0 Å². The van der Waals surface area contributed by atoms with Crippen molar-refractivity contribution in [1.82, 2.24) is 15.3 Å². The van der Waals surface area contributed by atoms with Crippen molar-refractivity contribution in [3.05, 3.63) is 46.2 Å². The molecule has 0 unspecified atom stereocenters. The summed E-state index contributed by atoms with van der Waals surface area (Å²) in [6.45, 7) is 3.71. The van der Waals surface area contributed by atoms with E-state index >= 15 is 0 Å². The molecule has 3 nitrogen and oxygen atoms in total. The summed E-state index contributed by atoms with van der Waals surface area (Å²) in [5, 5.41) is 3.35. The first-order chi connectivity index (χ1) is 7.36. The van der Waals surface area contributed by atoms with Crippen molar-refractivity contribution in [2.75, 3.05) is 0 Å². The molecule has 0 aliphatic carbocycles. The predicted molar refractivity (Wildman–Crippen MR) is 61.6 cm³/mol. The van der Waals surface area contributed by atoms with Crippen LogP contribution in [-0.4, -0.2) is 9.97 Å². The van der Waals surface area contributed by atoms with Crippen LogP contribution < -0.4 is 5.32 Å². The molecule has 1 N–H and O–H groups in total. The van der Waals surface area contributed by atoms with Crippen molar-refractivity contribution in [3.63, 3.8) is 0 Å². The van der Waals surface area contributed by atoms with Gasteiger partial charge in [0.15, 0.2) is 0 Å². The number of nitrogens with zero attached hydrogens (tertiary/aromatic N) is 2. The number of hydrogen-bond donors (Lipinski definition) is 1. The second kappa shape index (κ2) is 5.00. The summed E-state index contributed by atoms with van der Waals surface area (Å²) in [5.41, 5.74) is 4.07. The van der Waals surface area contributed by atoms with Crippen molar-refractivity contribution in [3.8, 4) is 0 Å². The Kier molecular flexibility index (Phi) is 3.42. The minimum absolute atomic E-state index is 0.804. The van der Waals surface area contributed by atoms with Gasteiger partial charge in [0.05, 0.1) is 16.9 Å². The molecular weight excluding hydrogens is 206 g/mol. The van der Waals surface area contributed by atoms with Gasteiger partial charge in [-0.05, 0) is 19.1 Å². The Morgan fingerprint density at radius 3 is 2.87 bits per heavy atom. The third-order valence-electron chi connectivity index (χ3n) is 2.16. The number of aryl methyl sites for hydroxylation is 1. The van der Waals surface area contributed by atoms with Crippen LogP contribution in [0.1, 0.15) is 16.3 Å². The van der Waals surface area contributed by atoms with Crippen LogP contribution in [0.2, 0.25) is 0 Å². The van der Waals surface area contributed by atoms with E-state index in [2.05, 4.69) is 15.3 Å². The summed E-state index contributed by atoms with van der Waals surface area (Å²) in [5.74, 6) is 0. The van der Waals surface area contributed by atoms with E-state index in [-0.39, 0.29) is 0 Å². The van der Waals surface area contributed by atoms with Gasteiger partial charge >= 0.3 is 0 Å². The summed E-state index contributed by atoms with van der Waals surface area (Å²) in [6.07, 6.45) is 1.81. The average Bonchev–Trinajstić information content (AvgIpc) is 2.66. The van der Waals surface area contributed by atoms with E-state index in [0.29, 0.717) is 0 Å². The van der Waals surface area contributed by atoms with Gasteiger partial charge < -0.3 is 5.32 Å². The molecule has 2 heterocycles. The Labute approximate surface area is 93.2 Å². The van der Waals surface area contributed by atoms with Gasteiger partial charge in [-0.1, -0.05) is 6.07 Å². The Bertz CT molecular complexity index is 411. The van der Waals surface area contributed by atoms with Crippen LogP contribution in [-0.2, 0) is 13.1 Å². The van der Waals surface area contributed by atoms with Crippen molar-refractivity contribution < 1.29 is 0 Å². The maximum atomic E-state index is 4.25. The Balaban J connectivity index is 1.83. The van der Waals surface area contributed by atoms with Crippen molar-refractivity contribution in [2.24, 2.45) is 0 Å². The molecule has 2 aromatic heterocycles. The van der Waals surface area contributed by atoms with Gasteiger partial charge in [-0.25, -0.2) is 4.98 Å². The first-order valence-electron chi connectivity index (χ1n) is 4.86. The molecule has 0 saturated carbocycles. The van der Waals surface area contributed by atoms with Crippen LogP contribution in [0.4, 0.5) is 0 Å². The molecule has 0 fully saturated rings. The molecule has 15 heavy (non-hydrogen) atoms. The topological polar surface area (TPSA) is 37.8 Å². The third-order valence-corrected chi connectivity index (χ3v) is 3.10. The van der Waals surface area contributed by atoms with E-state index in [9.17, 15) is 0 Å². The molecule has 0 radical (unpaired) electrons. The van der Waals surface area contributed by atoms with E-state index in [1.54, 1.807) is 11.3 Å². The molecular formula is C11H13N3S. The van der Waals surface area contributed by atoms with Crippen LogP contribution in [0.5, 0.6) is 0 Å². The average molecular weight is 219 g/mol. The highest BCUT2D eigenvalue weighted by Crippen LogP contribution is 2.11. The quantitative estimate of drug-likeness (QED) is 0.856. The van der Waals surface area contributed by atoms with Gasteiger partial charge in [0.25, 0.3) is 0 Å². The molecule has 0 bridgehead atoms. The number of pyridine rings is 1. The number of nitrogens with one attached hydrogen (secondary N) is 1. The number of rotatable bonds is 4. The standard InChI is InChI=1S/C11H13N3S/c1-9-11(15-8-14-9)7-12-6-10-4-2-3-5-13-10/h2-5,8,12H,6-7H2,1H3. The lowest BCUT2D eigenvalue weighted by atomic mass is 10.3. The Morgan fingerprint density at radius 1 is 1.27 bits per heavy atom. The molecule has 0 aromatic carbocycles. The molecule has 2 rings (SSSR count). The van der Waals surface area contributed by atoms with E-state index in [4.69, 9.17) is 0 Å². The summed E-state index contributed by atoms with van der Waals surface area (Å²) < 4.78 is 0. The van der Waals surface area contributed by atoms with Crippen molar-refractivity contribution in [1.29, 1.82) is 0 Å². The van der Waals surface area contributed by atoms with E-state index in [0.717, 1.165) is 24.5 Å². The van der Waals surface area contributed by atoms with Crippen molar-refractivity contribution in [2.45, 2.75) is 20.0 Å². The highest BCUT2D eigenvalue weighted by atomic mass is 32.1. The molecule has 0 saturated heterocycles. The van der Waals surface area contributed by atoms with Gasteiger partial charge in [0.1, 0.15) is 0 Å². The fraction of sp³-hybridized carbons (Fsp3) is 0.273. The van der Waals surface area contributed by atoms with Gasteiger partial charge in [-0.3, -0.25) is 4.98 Å². The molecule has 0 amide bonds. The largest absolute Gasteiger partial charge is 0.306 e. The van der Waals surface area contributed by atoms with Gasteiger partial charge in [-0.2, -0.15) is 0 Å². The fourth-order valence-electron chi connectivity index (χ4n) is 1.30. The molecule has 0 spiro atoms. The third kappa shape index (κ3) is 2.84. The van der Waals surface area contributed by atoms with E-state index < -0.39 is 0 Å². The molecule has 4 heteroatoms. The van der Waals surface area contributed by atoms with Crippen molar-refractivity contribution >= 4 is 11.3 Å². The SMILES string of the molecule is Cc1ncsc1CNCc1ccccn1. The minimum Gasteiger partial charge on any atom is -0.306 e. The molecule has 2 aromatic rings. The van der Waals surface area contributed by atoms with Crippen LogP contribution in [0.25, 0.3) is 0 Å². The second-order valence-electron chi connectivity index (χ2n) is 3.29. The first kappa shape index (κ1) is 10.3. The highest BCUT2D eigenvalue weighted by Gasteiger charge is 2.00. The summed E-state index contributed by atoms with van der Waals surface area (Å²) >= 11 is 1.69. The van der Waals surface area contributed by atoms with Crippen LogP contribution in [0.15, 0.2) is 29.9 Å². The Morgan fingerprint density at radius 2 is 2.20 bits per heavy atom. The smallest absolute Gasteiger partial charge is 0.0798 e. The minimum atomic E-state index is 0.804. The first-order valence-corrected chi connectivity index (χ1v) is 5.74. The van der Waals surface area contributed by atoms with E-state index in [1.807, 2.05) is 36.8 Å².